The standard InChI is InChI=1S/C29H45NO3/c1-20(9-14-28(33)30-16-5-4-6-17-30)25-12-13-26-22(8-7-15-29(25,26)3)10-11-23-18-24(31)19-27(32)21(23)2/h10-11,20,24-27,31-32H,2,4-9,12-19H2,1,3H3/b22-10+,23-11+/t20-,24+,25?,26-,27-,29+/m0/s1. The largest absolute Gasteiger partial charge is 0.393 e. The number of hydrogen-bond acceptors (Lipinski definition) is 3. The third-order valence-corrected chi connectivity index (χ3v) is 9.51. The predicted octanol–water partition coefficient (Wildman–Crippen LogP) is 5.56. The van der Waals surface area contributed by atoms with Gasteiger partial charge in [-0.25, -0.2) is 0 Å². The number of nitrogens with zero attached hydrogens (tertiary/aromatic N) is 1. The van der Waals surface area contributed by atoms with Gasteiger partial charge in [0.05, 0.1) is 12.2 Å². The van der Waals surface area contributed by atoms with Crippen molar-refractivity contribution in [2.45, 2.75) is 103 Å². The molecule has 184 valence electrons. The van der Waals surface area contributed by atoms with E-state index in [4.69, 9.17) is 0 Å². The van der Waals surface area contributed by atoms with Crippen molar-refractivity contribution in [2.75, 3.05) is 13.1 Å². The number of piperidine rings is 1. The van der Waals surface area contributed by atoms with Gasteiger partial charge in [-0.15, -0.1) is 0 Å². The van der Waals surface area contributed by atoms with Crippen LogP contribution in [0.2, 0.25) is 0 Å². The van der Waals surface area contributed by atoms with Crippen LogP contribution in [0.25, 0.3) is 0 Å². The Bertz CT molecular complexity index is 793. The molecule has 0 bridgehead atoms. The van der Waals surface area contributed by atoms with E-state index >= 15 is 0 Å². The van der Waals surface area contributed by atoms with Gasteiger partial charge in [-0.1, -0.05) is 38.2 Å². The molecule has 3 saturated carbocycles. The van der Waals surface area contributed by atoms with Crippen LogP contribution in [0, 0.1) is 23.2 Å². The highest BCUT2D eigenvalue weighted by Gasteiger charge is 2.50. The lowest BCUT2D eigenvalue weighted by Gasteiger charge is -2.44. The molecule has 6 atom stereocenters. The number of carbonyl (C=O) groups excluding carboxylic acids is 1. The lowest BCUT2D eigenvalue weighted by Crippen LogP contribution is -2.37. The Morgan fingerprint density at radius 2 is 1.94 bits per heavy atom. The van der Waals surface area contributed by atoms with Crippen molar-refractivity contribution in [3.8, 4) is 0 Å². The molecule has 1 unspecified atom stereocenters. The lowest BCUT2D eigenvalue weighted by atomic mass is 9.60. The van der Waals surface area contributed by atoms with Gasteiger partial charge >= 0.3 is 0 Å². The van der Waals surface area contributed by atoms with Crippen LogP contribution < -0.4 is 0 Å². The third kappa shape index (κ3) is 5.32. The van der Waals surface area contributed by atoms with E-state index in [0.29, 0.717) is 48.3 Å². The molecule has 1 aliphatic heterocycles. The molecular formula is C29H45NO3. The Labute approximate surface area is 200 Å². The van der Waals surface area contributed by atoms with Crippen molar-refractivity contribution < 1.29 is 15.0 Å². The molecule has 0 radical (unpaired) electrons. The summed E-state index contributed by atoms with van der Waals surface area (Å²) in [6, 6.07) is 0. The highest BCUT2D eigenvalue weighted by molar-refractivity contribution is 5.76. The topological polar surface area (TPSA) is 60.8 Å². The summed E-state index contributed by atoms with van der Waals surface area (Å²) in [5.41, 5.74) is 3.63. The van der Waals surface area contributed by atoms with Gasteiger partial charge < -0.3 is 15.1 Å². The van der Waals surface area contributed by atoms with Crippen LogP contribution in [-0.2, 0) is 4.79 Å². The number of allylic oxidation sites excluding steroid dienone is 3. The fourth-order valence-corrected chi connectivity index (χ4v) is 7.53. The average Bonchev–Trinajstić information content (AvgIpc) is 3.16. The first kappa shape index (κ1) is 24.7. The van der Waals surface area contributed by atoms with Gasteiger partial charge in [0.25, 0.3) is 0 Å². The molecule has 33 heavy (non-hydrogen) atoms. The van der Waals surface area contributed by atoms with Crippen molar-refractivity contribution in [1.82, 2.24) is 4.90 Å². The first-order valence-corrected chi connectivity index (χ1v) is 13.5. The zero-order valence-corrected chi connectivity index (χ0v) is 20.9. The summed E-state index contributed by atoms with van der Waals surface area (Å²) in [5, 5.41) is 20.2. The Hall–Kier alpha value is -1.39. The summed E-state index contributed by atoms with van der Waals surface area (Å²) in [5.74, 6) is 2.24. The SMILES string of the molecule is C=C1/C(=C/C=C2\CCC[C@]3(C)C([C@@H](C)CCC(=O)N4CCCCC4)CC[C@@H]23)C[C@@H](O)C[C@@H]1O. The lowest BCUT2D eigenvalue weighted by molar-refractivity contribution is -0.132. The summed E-state index contributed by atoms with van der Waals surface area (Å²) in [6.07, 6.45) is 15.8. The number of amides is 1. The fourth-order valence-electron chi connectivity index (χ4n) is 7.53. The molecule has 4 nitrogen and oxygen atoms in total. The van der Waals surface area contributed by atoms with Gasteiger partial charge in [0, 0.05) is 25.9 Å². The Morgan fingerprint density at radius 3 is 2.70 bits per heavy atom. The second-order valence-electron chi connectivity index (χ2n) is 11.6. The number of fused-ring (bicyclic) bond motifs is 1. The van der Waals surface area contributed by atoms with Crippen molar-refractivity contribution in [3.05, 3.63) is 35.5 Å². The molecule has 1 amide bonds. The quantitative estimate of drug-likeness (QED) is 0.571. The van der Waals surface area contributed by atoms with E-state index in [9.17, 15) is 15.0 Å². The smallest absolute Gasteiger partial charge is 0.222 e. The molecule has 0 aromatic heterocycles. The van der Waals surface area contributed by atoms with Crippen LogP contribution in [0.3, 0.4) is 0 Å². The van der Waals surface area contributed by atoms with E-state index in [1.54, 1.807) is 0 Å². The maximum absolute atomic E-state index is 12.7. The highest BCUT2D eigenvalue weighted by atomic mass is 16.3. The van der Waals surface area contributed by atoms with Gasteiger partial charge in [0.1, 0.15) is 0 Å². The van der Waals surface area contributed by atoms with Gasteiger partial charge in [0.15, 0.2) is 0 Å². The monoisotopic (exact) mass is 455 g/mol. The fraction of sp³-hybridized carbons (Fsp3) is 0.759. The minimum atomic E-state index is -0.626. The number of aliphatic hydroxyl groups excluding tert-OH is 2. The first-order valence-electron chi connectivity index (χ1n) is 13.5. The van der Waals surface area contributed by atoms with Crippen molar-refractivity contribution in [1.29, 1.82) is 0 Å². The molecule has 4 fully saturated rings. The number of rotatable bonds is 5. The second kappa shape index (κ2) is 10.5. The molecule has 4 rings (SSSR count). The third-order valence-electron chi connectivity index (χ3n) is 9.51. The van der Waals surface area contributed by atoms with E-state index < -0.39 is 12.2 Å². The average molecular weight is 456 g/mol. The maximum Gasteiger partial charge on any atom is 0.222 e. The summed E-state index contributed by atoms with van der Waals surface area (Å²) < 4.78 is 0. The van der Waals surface area contributed by atoms with Crippen LogP contribution in [0.1, 0.15) is 90.9 Å². The zero-order chi connectivity index (χ0) is 23.6. The van der Waals surface area contributed by atoms with E-state index in [-0.39, 0.29) is 0 Å². The van der Waals surface area contributed by atoms with E-state index in [1.165, 1.54) is 50.5 Å². The van der Waals surface area contributed by atoms with Crippen molar-refractivity contribution in [2.24, 2.45) is 23.2 Å². The molecule has 0 aromatic carbocycles. The maximum atomic E-state index is 12.7. The normalized spacial score (nSPS) is 38.5. The van der Waals surface area contributed by atoms with Gasteiger partial charge in [0.2, 0.25) is 5.91 Å². The number of aliphatic hydroxyl groups is 2. The van der Waals surface area contributed by atoms with E-state index in [2.05, 4.69) is 37.5 Å². The number of carbonyl (C=O) groups is 1. The summed E-state index contributed by atoms with van der Waals surface area (Å²) >= 11 is 0. The number of likely N-dealkylation sites (tertiary alicyclic amines) is 1. The number of hydrogen-bond donors (Lipinski definition) is 2. The molecule has 2 N–H and O–H groups in total. The van der Waals surface area contributed by atoms with Crippen LogP contribution >= 0.6 is 0 Å². The van der Waals surface area contributed by atoms with Crippen molar-refractivity contribution in [3.63, 3.8) is 0 Å². The molecule has 1 heterocycles. The summed E-state index contributed by atoms with van der Waals surface area (Å²) in [6.45, 7) is 10.9. The van der Waals surface area contributed by atoms with Gasteiger partial charge in [-0.05, 0) is 98.5 Å². The van der Waals surface area contributed by atoms with Crippen LogP contribution in [-0.4, -0.2) is 46.3 Å². The molecule has 0 aromatic rings. The molecule has 1 saturated heterocycles. The molecule has 0 spiro atoms. The Balaban J connectivity index is 1.40. The first-order chi connectivity index (χ1) is 15.8. The van der Waals surface area contributed by atoms with Crippen molar-refractivity contribution >= 4 is 5.91 Å². The Kier molecular flexibility index (Phi) is 7.85. The van der Waals surface area contributed by atoms with Crippen LogP contribution in [0.5, 0.6) is 0 Å². The van der Waals surface area contributed by atoms with E-state index in [0.717, 1.165) is 37.1 Å². The minimum Gasteiger partial charge on any atom is -0.393 e. The molecular weight excluding hydrogens is 410 g/mol. The summed E-state index contributed by atoms with van der Waals surface area (Å²) in [4.78, 5) is 14.8. The van der Waals surface area contributed by atoms with Gasteiger partial charge in [-0.2, -0.15) is 0 Å². The van der Waals surface area contributed by atoms with Gasteiger partial charge in [-0.3, -0.25) is 4.79 Å². The van der Waals surface area contributed by atoms with E-state index in [1.807, 2.05) is 0 Å². The highest BCUT2D eigenvalue weighted by Crippen LogP contribution is 2.59. The van der Waals surface area contributed by atoms with Crippen LogP contribution in [0.15, 0.2) is 35.5 Å². The van der Waals surface area contributed by atoms with Crippen LogP contribution in [0.4, 0.5) is 0 Å². The predicted molar refractivity (Wildman–Crippen MR) is 134 cm³/mol. The molecule has 3 aliphatic carbocycles. The minimum absolute atomic E-state index is 0.318. The Morgan fingerprint density at radius 1 is 1.18 bits per heavy atom. The zero-order valence-electron chi connectivity index (χ0n) is 20.9. The summed E-state index contributed by atoms with van der Waals surface area (Å²) in [7, 11) is 0. The molecule has 4 heteroatoms. The second-order valence-corrected chi connectivity index (χ2v) is 11.6. The molecule has 4 aliphatic rings.